The highest BCUT2D eigenvalue weighted by Crippen LogP contribution is 2.22. The van der Waals surface area contributed by atoms with E-state index in [9.17, 15) is 9.59 Å². The van der Waals surface area contributed by atoms with Crippen molar-refractivity contribution in [2.45, 2.75) is 6.92 Å². The number of rotatable bonds is 3. The average Bonchev–Trinajstić information content (AvgIpc) is 2.42. The number of benzene rings is 1. The largest absolute Gasteiger partial charge is 0.468 e. The predicted octanol–water partition coefficient (Wildman–Crippen LogP) is 2.21. The maximum Gasteiger partial charge on any atom is 0.325 e. The van der Waals surface area contributed by atoms with E-state index in [1.54, 1.807) is 6.07 Å². The van der Waals surface area contributed by atoms with Gasteiger partial charge in [-0.1, -0.05) is 22.0 Å². The molecule has 0 saturated carbocycles. The van der Waals surface area contributed by atoms with Crippen LogP contribution in [0.15, 0.2) is 28.7 Å². The molecule has 0 radical (unpaired) electrons. The Morgan fingerprint density at radius 1 is 1.35 bits per heavy atom. The highest BCUT2D eigenvalue weighted by atomic mass is 79.9. The summed E-state index contributed by atoms with van der Waals surface area (Å²) >= 11 is 3.38. The number of ether oxygens (including phenoxy) is 1. The average molecular weight is 337 g/mol. The van der Waals surface area contributed by atoms with E-state index in [0.29, 0.717) is 5.56 Å². The smallest absolute Gasteiger partial charge is 0.325 e. The van der Waals surface area contributed by atoms with E-state index in [1.807, 2.05) is 25.1 Å². The van der Waals surface area contributed by atoms with Gasteiger partial charge in [0.25, 0.3) is 5.91 Å². The molecule has 2 aromatic rings. The monoisotopic (exact) mass is 336 g/mol. The fourth-order valence-electron chi connectivity index (χ4n) is 1.84. The topological polar surface area (TPSA) is 68.3 Å². The molecule has 0 aliphatic heterocycles. The van der Waals surface area contributed by atoms with Crippen molar-refractivity contribution in [2.24, 2.45) is 0 Å². The predicted molar refractivity (Wildman–Crippen MR) is 78.5 cm³/mol. The third kappa shape index (κ3) is 3.14. The van der Waals surface area contributed by atoms with E-state index in [1.165, 1.54) is 7.11 Å². The summed E-state index contributed by atoms with van der Waals surface area (Å²) < 4.78 is 5.38. The summed E-state index contributed by atoms with van der Waals surface area (Å²) in [6, 6.07) is 7.21. The van der Waals surface area contributed by atoms with Gasteiger partial charge in [-0.2, -0.15) is 0 Å². The van der Waals surface area contributed by atoms with Gasteiger partial charge in [0.15, 0.2) is 0 Å². The zero-order valence-corrected chi connectivity index (χ0v) is 12.7. The fourth-order valence-corrected chi connectivity index (χ4v) is 2.19. The van der Waals surface area contributed by atoms with Crippen LogP contribution >= 0.6 is 15.9 Å². The number of carbonyl (C=O) groups is 2. The number of methoxy groups -OCH3 is 1. The Kier molecular flexibility index (Phi) is 4.34. The number of pyridine rings is 1. The molecule has 0 unspecified atom stereocenters. The van der Waals surface area contributed by atoms with Crippen LogP contribution in [0.5, 0.6) is 0 Å². The highest BCUT2D eigenvalue weighted by Gasteiger charge is 2.13. The number of carbonyl (C=O) groups excluding carboxylic acids is 2. The first-order chi connectivity index (χ1) is 9.51. The van der Waals surface area contributed by atoms with Crippen LogP contribution in [-0.4, -0.2) is 30.5 Å². The second-order valence-corrected chi connectivity index (χ2v) is 5.15. The number of fused-ring (bicyclic) bond motifs is 1. The molecule has 0 spiro atoms. The van der Waals surface area contributed by atoms with Gasteiger partial charge in [0.2, 0.25) is 0 Å². The minimum atomic E-state index is -0.490. The molecule has 6 heteroatoms. The van der Waals surface area contributed by atoms with Crippen LogP contribution in [0.2, 0.25) is 0 Å². The van der Waals surface area contributed by atoms with Gasteiger partial charge in [0, 0.05) is 15.6 Å². The summed E-state index contributed by atoms with van der Waals surface area (Å²) in [6.07, 6.45) is 0. The lowest BCUT2D eigenvalue weighted by Gasteiger charge is -2.08. The summed E-state index contributed by atoms with van der Waals surface area (Å²) in [7, 11) is 1.28. The number of aryl methyl sites for hydroxylation is 1. The molecule has 0 atom stereocenters. The van der Waals surface area contributed by atoms with Crippen LogP contribution in [0.4, 0.5) is 0 Å². The molecule has 1 aromatic heterocycles. The number of halogens is 1. The molecular weight excluding hydrogens is 324 g/mol. The Morgan fingerprint density at radius 2 is 2.10 bits per heavy atom. The third-order valence-corrected chi connectivity index (χ3v) is 3.26. The van der Waals surface area contributed by atoms with Gasteiger partial charge in [0.05, 0.1) is 18.2 Å². The van der Waals surface area contributed by atoms with Crippen molar-refractivity contribution in [1.29, 1.82) is 0 Å². The van der Waals surface area contributed by atoms with Crippen molar-refractivity contribution in [2.75, 3.05) is 13.7 Å². The first-order valence-corrected chi connectivity index (χ1v) is 6.72. The molecule has 0 bridgehead atoms. The molecule has 2 rings (SSSR count). The van der Waals surface area contributed by atoms with Crippen LogP contribution < -0.4 is 5.32 Å². The molecule has 5 nitrogen and oxygen atoms in total. The Hall–Kier alpha value is -1.95. The lowest BCUT2D eigenvalue weighted by Crippen LogP contribution is -2.30. The van der Waals surface area contributed by atoms with Crippen molar-refractivity contribution >= 4 is 38.7 Å². The number of hydrogen-bond donors (Lipinski definition) is 1. The van der Waals surface area contributed by atoms with Crippen molar-refractivity contribution in [3.05, 3.63) is 40.0 Å². The second kappa shape index (κ2) is 6.00. The Balaban J connectivity index is 2.38. The lowest BCUT2D eigenvalue weighted by molar-refractivity contribution is -0.139. The van der Waals surface area contributed by atoms with Gasteiger partial charge in [-0.25, -0.2) is 0 Å². The van der Waals surface area contributed by atoms with Crippen molar-refractivity contribution in [1.82, 2.24) is 10.3 Å². The quantitative estimate of drug-likeness (QED) is 0.872. The molecular formula is C14H13BrN2O3. The van der Waals surface area contributed by atoms with E-state index < -0.39 is 5.97 Å². The summed E-state index contributed by atoms with van der Waals surface area (Å²) in [5, 5.41) is 3.27. The van der Waals surface area contributed by atoms with Gasteiger partial charge < -0.3 is 10.1 Å². The molecule has 0 fully saturated rings. The van der Waals surface area contributed by atoms with Gasteiger partial charge in [0.1, 0.15) is 6.54 Å². The standard InChI is InChI=1S/C14H13BrN2O3/c1-8-5-11(14(19)16-7-13(18)20-2)10-4-3-9(15)6-12(10)17-8/h3-6H,7H2,1-2H3,(H,16,19). The zero-order chi connectivity index (χ0) is 14.7. The van der Waals surface area contributed by atoms with E-state index in [0.717, 1.165) is 21.1 Å². The molecule has 20 heavy (non-hydrogen) atoms. The molecule has 0 saturated heterocycles. The number of esters is 1. The molecule has 0 aliphatic carbocycles. The maximum atomic E-state index is 12.2. The Bertz CT molecular complexity index is 680. The first-order valence-electron chi connectivity index (χ1n) is 5.93. The zero-order valence-electron chi connectivity index (χ0n) is 11.1. The highest BCUT2D eigenvalue weighted by molar-refractivity contribution is 9.10. The lowest BCUT2D eigenvalue weighted by atomic mass is 10.1. The van der Waals surface area contributed by atoms with Crippen molar-refractivity contribution < 1.29 is 14.3 Å². The number of hydrogen-bond acceptors (Lipinski definition) is 4. The summed E-state index contributed by atoms with van der Waals surface area (Å²) in [4.78, 5) is 27.6. The third-order valence-electron chi connectivity index (χ3n) is 2.77. The normalized spacial score (nSPS) is 10.3. The minimum absolute atomic E-state index is 0.158. The SMILES string of the molecule is COC(=O)CNC(=O)c1cc(C)nc2cc(Br)ccc12. The van der Waals surface area contributed by atoms with Crippen molar-refractivity contribution in [3.8, 4) is 0 Å². The van der Waals surface area contributed by atoms with E-state index in [4.69, 9.17) is 0 Å². The Labute approximate surface area is 124 Å². The van der Waals surface area contributed by atoms with Crippen LogP contribution in [0.25, 0.3) is 10.9 Å². The number of aromatic nitrogens is 1. The maximum absolute atomic E-state index is 12.2. The van der Waals surface area contributed by atoms with Gasteiger partial charge in [-0.05, 0) is 25.1 Å². The van der Waals surface area contributed by atoms with Crippen LogP contribution in [-0.2, 0) is 9.53 Å². The second-order valence-electron chi connectivity index (χ2n) is 4.23. The van der Waals surface area contributed by atoms with Crippen LogP contribution in [0.1, 0.15) is 16.1 Å². The molecule has 1 heterocycles. The summed E-state index contributed by atoms with van der Waals surface area (Å²) in [5.74, 6) is -0.815. The van der Waals surface area contributed by atoms with Gasteiger partial charge in [-0.15, -0.1) is 0 Å². The molecule has 1 aromatic carbocycles. The van der Waals surface area contributed by atoms with Crippen molar-refractivity contribution in [3.63, 3.8) is 0 Å². The van der Waals surface area contributed by atoms with Gasteiger partial charge in [-0.3, -0.25) is 14.6 Å². The molecule has 1 N–H and O–H groups in total. The van der Waals surface area contributed by atoms with E-state index >= 15 is 0 Å². The summed E-state index contributed by atoms with van der Waals surface area (Å²) in [5.41, 5.74) is 1.95. The van der Waals surface area contributed by atoms with Crippen LogP contribution in [0, 0.1) is 6.92 Å². The Morgan fingerprint density at radius 3 is 2.80 bits per heavy atom. The molecule has 0 aliphatic rings. The molecule has 1 amide bonds. The minimum Gasteiger partial charge on any atom is -0.468 e. The fraction of sp³-hybridized carbons (Fsp3) is 0.214. The van der Waals surface area contributed by atoms with E-state index in [2.05, 4.69) is 31.0 Å². The van der Waals surface area contributed by atoms with Gasteiger partial charge >= 0.3 is 5.97 Å². The van der Waals surface area contributed by atoms with Crippen LogP contribution in [0.3, 0.4) is 0 Å². The first kappa shape index (κ1) is 14.5. The van der Waals surface area contributed by atoms with E-state index in [-0.39, 0.29) is 12.5 Å². The number of amides is 1. The number of nitrogens with zero attached hydrogens (tertiary/aromatic N) is 1. The summed E-state index contributed by atoms with van der Waals surface area (Å²) in [6.45, 7) is 1.66. The molecule has 104 valence electrons. The number of nitrogens with one attached hydrogen (secondary N) is 1.